The van der Waals surface area contributed by atoms with Crippen molar-refractivity contribution in [2.24, 2.45) is 0 Å². The van der Waals surface area contributed by atoms with Gasteiger partial charge in [0.25, 0.3) is 5.91 Å². The molecule has 2 aromatic rings. The van der Waals surface area contributed by atoms with Gasteiger partial charge in [-0.25, -0.2) is 0 Å². The Bertz CT molecular complexity index is 712. The van der Waals surface area contributed by atoms with Gasteiger partial charge < -0.3 is 14.8 Å². The van der Waals surface area contributed by atoms with Crippen molar-refractivity contribution in [1.82, 2.24) is 0 Å². The zero-order chi connectivity index (χ0) is 17.4. The predicted molar refractivity (Wildman–Crippen MR) is 92.9 cm³/mol. The lowest BCUT2D eigenvalue weighted by Crippen LogP contribution is -2.20. The molecule has 0 aliphatic heterocycles. The molecule has 0 aromatic heterocycles. The molecule has 2 aromatic carbocycles. The van der Waals surface area contributed by atoms with E-state index in [2.05, 4.69) is 12.2 Å². The lowest BCUT2D eigenvalue weighted by Gasteiger charge is -2.12. The topological polar surface area (TPSA) is 64.6 Å². The third-order valence-electron chi connectivity index (χ3n) is 3.38. The summed E-state index contributed by atoms with van der Waals surface area (Å²) in [4.78, 5) is 22.9. The predicted octanol–water partition coefficient (Wildman–Crippen LogP) is 3.48. The van der Waals surface area contributed by atoms with Gasteiger partial charge in [-0.15, -0.1) is 0 Å². The van der Waals surface area contributed by atoms with Gasteiger partial charge in [0.2, 0.25) is 0 Å². The third-order valence-corrected chi connectivity index (χ3v) is 3.38. The minimum atomic E-state index is -0.259. The van der Waals surface area contributed by atoms with E-state index < -0.39 is 0 Å². The first-order valence-corrected chi connectivity index (χ1v) is 7.89. The van der Waals surface area contributed by atoms with Crippen molar-refractivity contribution >= 4 is 17.9 Å². The van der Waals surface area contributed by atoms with Crippen molar-refractivity contribution in [2.75, 3.05) is 18.5 Å². The van der Waals surface area contributed by atoms with Crippen LogP contribution in [0.4, 0.5) is 5.69 Å². The summed E-state index contributed by atoms with van der Waals surface area (Å²) in [7, 11) is 0. The van der Waals surface area contributed by atoms with E-state index in [1.54, 1.807) is 18.2 Å². The van der Waals surface area contributed by atoms with Crippen molar-refractivity contribution in [2.45, 2.75) is 20.3 Å². The summed E-state index contributed by atoms with van der Waals surface area (Å²) in [5, 5.41) is 2.80. The van der Waals surface area contributed by atoms with E-state index in [-0.39, 0.29) is 12.5 Å². The fourth-order valence-electron chi connectivity index (χ4n) is 2.19. The molecule has 0 fully saturated rings. The fraction of sp³-hybridized carbons (Fsp3) is 0.263. The Kier molecular flexibility index (Phi) is 6.37. The van der Waals surface area contributed by atoms with Gasteiger partial charge in [0.05, 0.1) is 6.61 Å². The summed E-state index contributed by atoms with van der Waals surface area (Å²) in [5.74, 6) is 0.618. The molecule has 24 heavy (non-hydrogen) atoms. The highest BCUT2D eigenvalue weighted by atomic mass is 16.5. The second-order valence-electron chi connectivity index (χ2n) is 5.15. The van der Waals surface area contributed by atoms with Crippen LogP contribution in [-0.4, -0.2) is 25.4 Å². The molecule has 0 aliphatic rings. The van der Waals surface area contributed by atoms with Crippen molar-refractivity contribution in [3.05, 3.63) is 53.6 Å². The number of amides is 1. The van der Waals surface area contributed by atoms with Crippen LogP contribution in [0.5, 0.6) is 11.5 Å². The monoisotopic (exact) mass is 327 g/mol. The molecule has 0 radical (unpaired) electrons. The number of hydrogen-bond acceptors (Lipinski definition) is 4. The van der Waals surface area contributed by atoms with E-state index in [4.69, 9.17) is 9.47 Å². The van der Waals surface area contributed by atoms with Crippen LogP contribution in [0.15, 0.2) is 42.5 Å². The lowest BCUT2D eigenvalue weighted by atomic mass is 10.1. The Balaban J connectivity index is 1.99. The number of carbonyl (C=O) groups is 2. The normalized spacial score (nSPS) is 10.1. The van der Waals surface area contributed by atoms with Gasteiger partial charge in [-0.1, -0.05) is 19.1 Å². The Labute approximate surface area is 141 Å². The van der Waals surface area contributed by atoms with Gasteiger partial charge in [0.15, 0.2) is 18.1 Å². The van der Waals surface area contributed by atoms with Gasteiger partial charge in [-0.2, -0.15) is 0 Å². The highest BCUT2D eigenvalue weighted by Gasteiger charge is 2.09. The maximum absolute atomic E-state index is 12.0. The summed E-state index contributed by atoms with van der Waals surface area (Å²) < 4.78 is 11.0. The molecule has 0 bridgehead atoms. The van der Waals surface area contributed by atoms with E-state index in [0.717, 1.165) is 24.0 Å². The summed E-state index contributed by atoms with van der Waals surface area (Å²) >= 11 is 0. The highest BCUT2D eigenvalue weighted by molar-refractivity contribution is 5.92. The second kappa shape index (κ2) is 8.72. The molecule has 5 nitrogen and oxygen atoms in total. The van der Waals surface area contributed by atoms with Crippen LogP contribution < -0.4 is 14.8 Å². The number of nitrogens with one attached hydrogen (secondary N) is 1. The van der Waals surface area contributed by atoms with Crippen LogP contribution in [0.1, 0.15) is 29.8 Å². The lowest BCUT2D eigenvalue weighted by molar-refractivity contribution is -0.118. The maximum atomic E-state index is 12.0. The van der Waals surface area contributed by atoms with E-state index >= 15 is 0 Å². The number of aryl methyl sites for hydroxylation is 1. The SMILES string of the molecule is CCOc1cc(C=O)ccc1OCC(=O)Nc1cccc(CC)c1. The van der Waals surface area contributed by atoms with Crippen molar-refractivity contribution in [1.29, 1.82) is 0 Å². The molecule has 0 spiro atoms. The Hall–Kier alpha value is -2.82. The molecule has 0 aliphatic carbocycles. The number of aldehydes is 1. The molecular weight excluding hydrogens is 306 g/mol. The van der Waals surface area contributed by atoms with Crippen LogP contribution in [-0.2, 0) is 11.2 Å². The first-order valence-electron chi connectivity index (χ1n) is 7.89. The number of ether oxygens (including phenoxy) is 2. The third kappa shape index (κ3) is 4.84. The smallest absolute Gasteiger partial charge is 0.262 e. The van der Waals surface area contributed by atoms with Crippen LogP contribution in [0.25, 0.3) is 0 Å². The minimum absolute atomic E-state index is 0.142. The Morgan fingerprint density at radius 3 is 2.62 bits per heavy atom. The van der Waals surface area contributed by atoms with Crippen LogP contribution >= 0.6 is 0 Å². The number of carbonyl (C=O) groups excluding carboxylic acids is 2. The van der Waals surface area contributed by atoms with Gasteiger partial charge in [0, 0.05) is 11.3 Å². The second-order valence-corrected chi connectivity index (χ2v) is 5.15. The molecule has 1 N–H and O–H groups in total. The largest absolute Gasteiger partial charge is 0.490 e. The first-order chi connectivity index (χ1) is 11.7. The van der Waals surface area contributed by atoms with E-state index in [0.29, 0.717) is 23.7 Å². The molecule has 2 rings (SSSR count). The number of benzene rings is 2. The van der Waals surface area contributed by atoms with E-state index in [9.17, 15) is 9.59 Å². The average Bonchev–Trinajstić information content (AvgIpc) is 2.61. The molecule has 1 amide bonds. The highest BCUT2D eigenvalue weighted by Crippen LogP contribution is 2.28. The first kappa shape index (κ1) is 17.5. The molecule has 0 heterocycles. The maximum Gasteiger partial charge on any atom is 0.262 e. The number of anilines is 1. The Morgan fingerprint density at radius 2 is 1.92 bits per heavy atom. The average molecular weight is 327 g/mol. The molecule has 0 saturated heterocycles. The van der Waals surface area contributed by atoms with Crippen LogP contribution in [0, 0.1) is 0 Å². The van der Waals surface area contributed by atoms with Crippen molar-refractivity contribution in [3.63, 3.8) is 0 Å². The zero-order valence-corrected chi connectivity index (χ0v) is 13.9. The molecule has 0 saturated carbocycles. The molecule has 0 unspecified atom stereocenters. The van der Waals surface area contributed by atoms with E-state index in [1.807, 2.05) is 31.2 Å². The fourth-order valence-corrected chi connectivity index (χ4v) is 2.19. The summed E-state index contributed by atoms with van der Waals surface area (Å²) in [6.07, 6.45) is 1.64. The zero-order valence-electron chi connectivity index (χ0n) is 13.9. The molecular formula is C19H21NO4. The molecule has 5 heteroatoms. The van der Waals surface area contributed by atoms with Gasteiger partial charge in [-0.05, 0) is 49.2 Å². The number of rotatable bonds is 8. The van der Waals surface area contributed by atoms with Gasteiger partial charge >= 0.3 is 0 Å². The van der Waals surface area contributed by atoms with Crippen LogP contribution in [0.2, 0.25) is 0 Å². The quantitative estimate of drug-likeness (QED) is 0.754. The van der Waals surface area contributed by atoms with E-state index in [1.165, 1.54) is 0 Å². The summed E-state index contributed by atoms with van der Waals surface area (Å²) in [6.45, 7) is 4.19. The van der Waals surface area contributed by atoms with Crippen molar-refractivity contribution in [3.8, 4) is 11.5 Å². The molecule has 0 atom stereocenters. The minimum Gasteiger partial charge on any atom is -0.490 e. The van der Waals surface area contributed by atoms with Gasteiger partial charge in [0.1, 0.15) is 6.29 Å². The molecule has 126 valence electrons. The summed E-state index contributed by atoms with van der Waals surface area (Å²) in [6, 6.07) is 12.5. The standard InChI is InChI=1S/C19H21NO4/c1-3-14-6-5-7-16(10-14)20-19(22)13-24-17-9-8-15(12-21)11-18(17)23-4-2/h5-12H,3-4,13H2,1-2H3,(H,20,22). The summed E-state index contributed by atoms with van der Waals surface area (Å²) in [5.41, 5.74) is 2.38. The van der Waals surface area contributed by atoms with Crippen molar-refractivity contribution < 1.29 is 19.1 Å². The van der Waals surface area contributed by atoms with Gasteiger partial charge in [-0.3, -0.25) is 9.59 Å². The van der Waals surface area contributed by atoms with Crippen LogP contribution in [0.3, 0.4) is 0 Å². The number of hydrogen-bond donors (Lipinski definition) is 1. The Morgan fingerprint density at radius 1 is 1.08 bits per heavy atom.